The molecule has 0 unspecified atom stereocenters. The number of halogens is 1. The van der Waals surface area contributed by atoms with Gasteiger partial charge in [0.1, 0.15) is 5.16 Å². The minimum atomic E-state index is -4.92. The molecule has 0 amide bonds. The molecule has 7 nitrogen and oxygen atoms in total. The molecular weight excluding hydrogens is 303 g/mol. The van der Waals surface area contributed by atoms with E-state index in [4.69, 9.17) is 31.2 Å². The SMILES string of the molecule is CN1CC=CC(CC(P(=O)(O)O)P(=O)(O)O)=C1Cl. The second-order valence-electron chi connectivity index (χ2n) is 3.96. The van der Waals surface area contributed by atoms with Crippen LogP contribution in [0.4, 0.5) is 0 Å². The number of rotatable bonds is 4. The van der Waals surface area contributed by atoms with Crippen molar-refractivity contribution in [1.82, 2.24) is 4.90 Å². The van der Waals surface area contributed by atoms with Crippen molar-refractivity contribution in [2.24, 2.45) is 0 Å². The summed E-state index contributed by atoms with van der Waals surface area (Å²) in [5.41, 5.74) is 0.294. The Bertz CT molecular complexity index is 456. The first-order chi connectivity index (χ1) is 8.03. The maximum absolute atomic E-state index is 11.1. The Labute approximate surface area is 109 Å². The fourth-order valence-electron chi connectivity index (χ4n) is 1.53. The molecule has 0 spiro atoms. The van der Waals surface area contributed by atoms with E-state index < -0.39 is 27.0 Å². The molecule has 0 saturated carbocycles. The molecule has 1 heterocycles. The summed E-state index contributed by atoms with van der Waals surface area (Å²) >= 11 is 5.93. The van der Waals surface area contributed by atoms with Crippen molar-refractivity contribution in [3.63, 3.8) is 0 Å². The number of hydrogen-bond acceptors (Lipinski definition) is 3. The lowest BCUT2D eigenvalue weighted by atomic mass is 10.1. The Kier molecular flexibility index (Phi) is 4.84. The highest BCUT2D eigenvalue weighted by Crippen LogP contribution is 2.62. The van der Waals surface area contributed by atoms with Gasteiger partial charge in [0.05, 0.1) is 0 Å². The molecule has 104 valence electrons. The van der Waals surface area contributed by atoms with Gasteiger partial charge in [-0.3, -0.25) is 9.13 Å². The summed E-state index contributed by atoms with van der Waals surface area (Å²) in [6.45, 7) is 0.527. The third-order valence-electron chi connectivity index (χ3n) is 2.48. The molecule has 0 aromatic carbocycles. The van der Waals surface area contributed by atoms with Crippen molar-refractivity contribution in [2.75, 3.05) is 13.6 Å². The first-order valence-corrected chi connectivity index (χ1v) is 8.64. The van der Waals surface area contributed by atoms with Gasteiger partial charge in [-0.2, -0.15) is 0 Å². The second kappa shape index (κ2) is 5.47. The summed E-state index contributed by atoms with van der Waals surface area (Å²) in [4.78, 5) is 37.6. The molecule has 10 heteroatoms. The van der Waals surface area contributed by atoms with Gasteiger partial charge in [-0.15, -0.1) is 0 Å². The summed E-state index contributed by atoms with van der Waals surface area (Å²) in [6, 6.07) is 0. The third-order valence-corrected chi connectivity index (χ3v) is 6.73. The normalized spacial score (nSPS) is 17.8. The highest BCUT2D eigenvalue weighted by molar-refractivity contribution is 7.70. The molecule has 0 atom stereocenters. The topological polar surface area (TPSA) is 118 Å². The van der Waals surface area contributed by atoms with Crippen LogP contribution in [0.3, 0.4) is 0 Å². The van der Waals surface area contributed by atoms with Gasteiger partial charge in [-0.25, -0.2) is 0 Å². The summed E-state index contributed by atoms with van der Waals surface area (Å²) < 4.78 is 22.3. The molecule has 0 saturated heterocycles. The summed E-state index contributed by atoms with van der Waals surface area (Å²) in [5.74, 6) is 0. The van der Waals surface area contributed by atoms with Crippen LogP contribution in [-0.2, 0) is 9.13 Å². The summed E-state index contributed by atoms with van der Waals surface area (Å²) in [6.07, 6.45) is 2.73. The Morgan fingerprint density at radius 1 is 1.33 bits per heavy atom. The predicted octanol–water partition coefficient (Wildman–Crippen LogP) is 1.01. The van der Waals surface area contributed by atoms with E-state index in [2.05, 4.69) is 0 Å². The van der Waals surface area contributed by atoms with E-state index in [9.17, 15) is 9.13 Å². The van der Waals surface area contributed by atoms with Crippen LogP contribution < -0.4 is 0 Å². The minimum Gasteiger partial charge on any atom is -0.361 e. The lowest BCUT2D eigenvalue weighted by Gasteiger charge is -2.25. The van der Waals surface area contributed by atoms with Crippen LogP contribution >= 0.6 is 26.8 Å². The zero-order valence-corrected chi connectivity index (χ0v) is 12.0. The Morgan fingerprint density at radius 3 is 2.28 bits per heavy atom. The van der Waals surface area contributed by atoms with Crippen LogP contribution in [0, 0.1) is 0 Å². The molecule has 0 aromatic heterocycles. The Morgan fingerprint density at radius 2 is 1.83 bits per heavy atom. The van der Waals surface area contributed by atoms with Crippen molar-refractivity contribution in [3.8, 4) is 0 Å². The summed E-state index contributed by atoms with van der Waals surface area (Å²) in [7, 11) is -8.17. The van der Waals surface area contributed by atoms with Crippen molar-refractivity contribution in [2.45, 2.75) is 11.8 Å². The molecule has 1 rings (SSSR count). The average Bonchev–Trinajstić information content (AvgIpc) is 2.16. The van der Waals surface area contributed by atoms with E-state index in [1.807, 2.05) is 0 Å². The monoisotopic (exact) mass is 317 g/mol. The molecule has 0 bridgehead atoms. The summed E-state index contributed by atoms with van der Waals surface area (Å²) in [5, 5.41) is -1.84. The zero-order valence-electron chi connectivity index (χ0n) is 9.47. The number of allylic oxidation sites excluding steroid dienone is 2. The van der Waals surface area contributed by atoms with E-state index in [0.717, 1.165) is 0 Å². The second-order valence-corrected chi connectivity index (χ2v) is 8.33. The van der Waals surface area contributed by atoms with Crippen molar-refractivity contribution in [1.29, 1.82) is 0 Å². The van der Waals surface area contributed by atoms with Gasteiger partial charge in [0.15, 0.2) is 5.40 Å². The van der Waals surface area contributed by atoms with Gasteiger partial charge >= 0.3 is 15.2 Å². The van der Waals surface area contributed by atoms with Gasteiger partial charge in [0, 0.05) is 20.0 Å². The van der Waals surface area contributed by atoms with Gasteiger partial charge in [-0.05, 0) is 5.57 Å². The molecule has 1 aliphatic heterocycles. The molecule has 0 aliphatic carbocycles. The van der Waals surface area contributed by atoms with Crippen molar-refractivity contribution < 1.29 is 28.7 Å². The number of likely N-dealkylation sites (N-methyl/N-ethyl adjacent to an activating group) is 1. The first kappa shape index (κ1) is 15.9. The van der Waals surface area contributed by atoms with Gasteiger partial charge in [0.25, 0.3) is 0 Å². The lowest BCUT2D eigenvalue weighted by Crippen LogP contribution is -2.20. The fraction of sp³-hybridized carbons (Fsp3) is 0.500. The standard InChI is InChI=1S/C8H14ClNO6P2/c1-10-4-2-3-6(8(10)9)5-7(17(11,12)13)18(14,15)16/h2-3,7H,4-5H2,1H3,(H2,11,12,13)(H2,14,15,16). The quantitative estimate of drug-likeness (QED) is 0.451. The molecular formula is C8H14ClNO6P2. The average molecular weight is 318 g/mol. The van der Waals surface area contributed by atoms with E-state index in [-0.39, 0.29) is 5.16 Å². The Balaban J connectivity index is 3.07. The number of nitrogens with zero attached hydrogens (tertiary/aromatic N) is 1. The van der Waals surface area contributed by atoms with Gasteiger partial charge < -0.3 is 24.5 Å². The predicted molar refractivity (Wildman–Crippen MR) is 67.1 cm³/mol. The highest BCUT2D eigenvalue weighted by atomic mass is 35.5. The third kappa shape index (κ3) is 3.93. The number of hydrogen-bond donors (Lipinski definition) is 4. The molecule has 0 radical (unpaired) electrons. The molecule has 0 aromatic rings. The zero-order chi connectivity index (χ0) is 14.1. The van der Waals surface area contributed by atoms with Crippen LogP contribution in [0.25, 0.3) is 0 Å². The largest absolute Gasteiger partial charge is 0.361 e. The first-order valence-electron chi connectivity index (χ1n) is 4.90. The fourth-order valence-corrected chi connectivity index (χ4v) is 4.18. The maximum atomic E-state index is 11.1. The molecule has 0 fully saturated rings. The van der Waals surface area contributed by atoms with Crippen LogP contribution in [0.15, 0.2) is 22.9 Å². The van der Waals surface area contributed by atoms with Gasteiger partial charge in [-0.1, -0.05) is 23.8 Å². The maximum Gasteiger partial charge on any atom is 0.341 e. The van der Waals surface area contributed by atoms with Crippen LogP contribution in [0.1, 0.15) is 6.42 Å². The van der Waals surface area contributed by atoms with Gasteiger partial charge in [0.2, 0.25) is 0 Å². The minimum absolute atomic E-state index is 0.226. The van der Waals surface area contributed by atoms with E-state index >= 15 is 0 Å². The van der Waals surface area contributed by atoms with Crippen LogP contribution in [-0.4, -0.2) is 43.5 Å². The van der Waals surface area contributed by atoms with Crippen molar-refractivity contribution in [3.05, 3.63) is 22.9 Å². The highest BCUT2D eigenvalue weighted by Gasteiger charge is 2.43. The van der Waals surface area contributed by atoms with Crippen LogP contribution in [0.2, 0.25) is 0 Å². The lowest BCUT2D eigenvalue weighted by molar-refractivity contribution is 0.337. The van der Waals surface area contributed by atoms with E-state index in [0.29, 0.717) is 12.1 Å². The van der Waals surface area contributed by atoms with Crippen LogP contribution in [0.5, 0.6) is 0 Å². The Hall–Kier alpha value is -0.130. The van der Waals surface area contributed by atoms with E-state index in [1.165, 1.54) is 6.08 Å². The smallest absolute Gasteiger partial charge is 0.341 e. The van der Waals surface area contributed by atoms with E-state index in [1.54, 1.807) is 18.0 Å². The molecule has 4 N–H and O–H groups in total. The van der Waals surface area contributed by atoms with Crippen molar-refractivity contribution >= 4 is 26.8 Å². The molecule has 1 aliphatic rings. The molecule has 18 heavy (non-hydrogen) atoms.